The third kappa shape index (κ3) is 6.19. The SMILES string of the molecule is CC(C)(C)[C@H](N)COC(=O)c1ccc2ccccc2c1-c1c(C(=O)OC[C@@H](N)C(C)(C)C)ccc2ccccc12. The summed E-state index contributed by atoms with van der Waals surface area (Å²) in [5.41, 5.74) is 14.1. The lowest BCUT2D eigenvalue weighted by molar-refractivity contribution is 0.0417. The maximum atomic E-state index is 13.6. The molecule has 0 heterocycles. The van der Waals surface area contributed by atoms with Crippen LogP contribution < -0.4 is 11.5 Å². The zero-order chi connectivity index (χ0) is 29.2. The molecule has 4 aromatic carbocycles. The third-order valence-corrected chi connectivity index (χ3v) is 7.56. The largest absolute Gasteiger partial charge is 0.460 e. The fourth-order valence-corrected chi connectivity index (χ4v) is 4.41. The van der Waals surface area contributed by atoms with Crippen molar-refractivity contribution in [1.82, 2.24) is 0 Å². The van der Waals surface area contributed by atoms with Crippen LogP contribution in [0.15, 0.2) is 72.8 Å². The number of rotatable bonds is 7. The van der Waals surface area contributed by atoms with Crippen LogP contribution in [0.4, 0.5) is 0 Å². The molecule has 0 saturated heterocycles. The number of benzene rings is 4. The van der Waals surface area contributed by atoms with Gasteiger partial charge in [-0.05, 0) is 44.5 Å². The fourth-order valence-electron chi connectivity index (χ4n) is 4.41. The number of ether oxygens (including phenoxy) is 2. The highest BCUT2D eigenvalue weighted by atomic mass is 16.5. The molecule has 0 bridgehead atoms. The third-order valence-electron chi connectivity index (χ3n) is 7.56. The molecule has 0 unspecified atom stereocenters. The standard InChI is InChI=1S/C34H40N2O4/c1-33(2,3)27(35)19-39-31(37)25-17-15-21-11-7-9-13-23(21)29(25)30-24-14-10-8-12-22(24)16-18-26(30)32(38)40-20-28(36)34(4,5)6/h7-18,27-28H,19-20,35-36H2,1-6H3/t27-,28-/m1/s1. The number of carbonyl (C=O) groups is 2. The van der Waals surface area contributed by atoms with Crippen molar-refractivity contribution in [2.75, 3.05) is 13.2 Å². The van der Waals surface area contributed by atoms with Gasteiger partial charge in [-0.1, -0.05) is 102 Å². The molecule has 0 spiro atoms. The van der Waals surface area contributed by atoms with Crippen LogP contribution in [0.5, 0.6) is 0 Å². The van der Waals surface area contributed by atoms with Crippen LogP contribution >= 0.6 is 0 Å². The molecule has 6 nitrogen and oxygen atoms in total. The van der Waals surface area contributed by atoms with E-state index in [9.17, 15) is 9.59 Å². The smallest absolute Gasteiger partial charge is 0.338 e. The van der Waals surface area contributed by atoms with Crippen LogP contribution in [-0.4, -0.2) is 37.2 Å². The van der Waals surface area contributed by atoms with Gasteiger partial charge in [0.25, 0.3) is 0 Å². The van der Waals surface area contributed by atoms with Crippen molar-refractivity contribution in [3.8, 4) is 11.1 Å². The Labute approximate surface area is 236 Å². The van der Waals surface area contributed by atoms with Crippen LogP contribution in [0.1, 0.15) is 62.3 Å². The summed E-state index contributed by atoms with van der Waals surface area (Å²) in [6.07, 6.45) is 0. The highest BCUT2D eigenvalue weighted by Gasteiger charge is 2.28. The molecule has 210 valence electrons. The molecule has 0 saturated carbocycles. The average Bonchev–Trinajstić information content (AvgIpc) is 2.91. The lowest BCUT2D eigenvalue weighted by Crippen LogP contribution is -2.39. The Morgan fingerprint density at radius 1 is 0.600 bits per heavy atom. The molecule has 6 heteroatoms. The van der Waals surface area contributed by atoms with E-state index in [0.29, 0.717) is 22.3 Å². The molecule has 0 fully saturated rings. The molecule has 4 aromatic rings. The van der Waals surface area contributed by atoms with Crippen molar-refractivity contribution in [2.45, 2.75) is 53.6 Å². The highest BCUT2D eigenvalue weighted by Crippen LogP contribution is 2.40. The van der Waals surface area contributed by atoms with Gasteiger partial charge in [0.1, 0.15) is 13.2 Å². The molecule has 40 heavy (non-hydrogen) atoms. The van der Waals surface area contributed by atoms with E-state index in [4.69, 9.17) is 20.9 Å². The Morgan fingerprint density at radius 2 is 0.950 bits per heavy atom. The zero-order valence-electron chi connectivity index (χ0n) is 24.3. The van der Waals surface area contributed by atoms with E-state index in [1.54, 1.807) is 12.1 Å². The van der Waals surface area contributed by atoms with Crippen molar-refractivity contribution in [2.24, 2.45) is 22.3 Å². The van der Waals surface area contributed by atoms with Crippen LogP contribution in [0.2, 0.25) is 0 Å². The van der Waals surface area contributed by atoms with Gasteiger partial charge in [0.15, 0.2) is 0 Å². The predicted octanol–water partition coefficient (Wildman–Crippen LogP) is 6.72. The first kappa shape index (κ1) is 29.2. The van der Waals surface area contributed by atoms with E-state index in [2.05, 4.69) is 0 Å². The molecule has 2 atom stereocenters. The van der Waals surface area contributed by atoms with E-state index in [0.717, 1.165) is 21.5 Å². The van der Waals surface area contributed by atoms with Crippen molar-refractivity contribution in [3.05, 3.63) is 83.9 Å². The Hall–Kier alpha value is -3.74. The summed E-state index contributed by atoms with van der Waals surface area (Å²) >= 11 is 0. The van der Waals surface area contributed by atoms with Crippen molar-refractivity contribution in [3.63, 3.8) is 0 Å². The lowest BCUT2D eigenvalue weighted by Gasteiger charge is -2.27. The number of fused-ring (bicyclic) bond motifs is 2. The van der Waals surface area contributed by atoms with Gasteiger partial charge < -0.3 is 20.9 Å². The first-order valence-corrected chi connectivity index (χ1v) is 13.7. The molecule has 0 amide bonds. The Kier molecular flexibility index (Phi) is 8.33. The van der Waals surface area contributed by atoms with Gasteiger partial charge in [0.05, 0.1) is 11.1 Å². The number of carbonyl (C=O) groups excluding carboxylic acids is 2. The molecule has 4 rings (SSSR count). The molecule has 0 aliphatic carbocycles. The van der Waals surface area contributed by atoms with E-state index in [1.165, 1.54) is 0 Å². The second-order valence-corrected chi connectivity index (χ2v) is 12.6. The maximum Gasteiger partial charge on any atom is 0.338 e. The van der Waals surface area contributed by atoms with Crippen LogP contribution in [-0.2, 0) is 9.47 Å². The number of nitrogens with two attached hydrogens (primary N) is 2. The summed E-state index contributed by atoms with van der Waals surface area (Å²) < 4.78 is 11.5. The quantitative estimate of drug-likeness (QED) is 0.252. The second-order valence-electron chi connectivity index (χ2n) is 12.6. The summed E-state index contributed by atoms with van der Waals surface area (Å²) in [5, 5.41) is 3.52. The highest BCUT2D eigenvalue weighted by molar-refractivity contribution is 6.17. The minimum absolute atomic E-state index is 0.0731. The topological polar surface area (TPSA) is 105 Å². The van der Waals surface area contributed by atoms with Gasteiger partial charge in [-0.15, -0.1) is 0 Å². The normalized spacial score (nSPS) is 13.7. The Morgan fingerprint density at radius 3 is 1.30 bits per heavy atom. The zero-order valence-corrected chi connectivity index (χ0v) is 24.3. The molecule has 0 aliphatic heterocycles. The van der Waals surface area contributed by atoms with E-state index < -0.39 is 11.9 Å². The number of hydrogen-bond acceptors (Lipinski definition) is 6. The van der Waals surface area contributed by atoms with E-state index >= 15 is 0 Å². The molecule has 0 aliphatic rings. The van der Waals surface area contributed by atoms with Gasteiger partial charge in [0.2, 0.25) is 0 Å². The maximum absolute atomic E-state index is 13.6. The van der Waals surface area contributed by atoms with Gasteiger partial charge in [-0.25, -0.2) is 9.59 Å². The van der Waals surface area contributed by atoms with Gasteiger partial charge in [0, 0.05) is 23.2 Å². The monoisotopic (exact) mass is 540 g/mol. The van der Waals surface area contributed by atoms with Crippen molar-refractivity contribution < 1.29 is 19.1 Å². The number of esters is 2. The summed E-state index contributed by atoms with van der Waals surface area (Å²) in [5.74, 6) is -0.995. The minimum Gasteiger partial charge on any atom is -0.460 e. The molecular weight excluding hydrogens is 500 g/mol. The average molecular weight is 541 g/mol. The summed E-state index contributed by atoms with van der Waals surface area (Å²) in [6.45, 7) is 12.2. The van der Waals surface area contributed by atoms with Crippen LogP contribution in [0.25, 0.3) is 32.7 Å². The van der Waals surface area contributed by atoms with E-state index in [1.807, 2.05) is 102 Å². The predicted molar refractivity (Wildman–Crippen MR) is 162 cm³/mol. The Balaban J connectivity index is 1.90. The first-order valence-electron chi connectivity index (χ1n) is 13.7. The summed E-state index contributed by atoms with van der Waals surface area (Å²) in [6, 6.07) is 22.2. The van der Waals surface area contributed by atoms with Crippen LogP contribution in [0, 0.1) is 10.8 Å². The Bertz CT molecular complexity index is 1430. The summed E-state index contributed by atoms with van der Waals surface area (Å²) in [4.78, 5) is 27.3. The first-order chi connectivity index (χ1) is 18.8. The lowest BCUT2D eigenvalue weighted by atomic mass is 9.86. The molecule has 4 N–H and O–H groups in total. The molecular formula is C34H40N2O4. The van der Waals surface area contributed by atoms with Crippen LogP contribution in [0.3, 0.4) is 0 Å². The summed E-state index contributed by atoms with van der Waals surface area (Å²) in [7, 11) is 0. The van der Waals surface area contributed by atoms with Gasteiger partial charge >= 0.3 is 11.9 Å². The van der Waals surface area contributed by atoms with Crippen molar-refractivity contribution >= 4 is 33.5 Å². The second kappa shape index (κ2) is 11.4. The van der Waals surface area contributed by atoms with Crippen molar-refractivity contribution in [1.29, 1.82) is 0 Å². The molecule has 0 radical (unpaired) electrons. The minimum atomic E-state index is -0.498. The number of hydrogen-bond donors (Lipinski definition) is 2. The molecule has 0 aromatic heterocycles. The van der Waals surface area contributed by atoms with Gasteiger partial charge in [-0.3, -0.25) is 0 Å². The van der Waals surface area contributed by atoms with Gasteiger partial charge in [-0.2, -0.15) is 0 Å². The fraction of sp³-hybridized carbons (Fsp3) is 0.353. The van der Waals surface area contributed by atoms with E-state index in [-0.39, 0.29) is 36.1 Å².